The monoisotopic (exact) mass is 253 g/mol. The SMILES string of the molecule is CCOC(=O)c1ccc(F)c(OC(F)(F)F)n1. The van der Waals surface area contributed by atoms with Crippen molar-refractivity contribution in [2.75, 3.05) is 6.61 Å². The molecule has 1 rings (SSSR count). The van der Waals surface area contributed by atoms with Crippen molar-refractivity contribution in [3.05, 3.63) is 23.6 Å². The van der Waals surface area contributed by atoms with Gasteiger partial charge in [-0.3, -0.25) is 0 Å². The van der Waals surface area contributed by atoms with Crippen LogP contribution in [-0.4, -0.2) is 23.9 Å². The van der Waals surface area contributed by atoms with Crippen molar-refractivity contribution in [2.24, 2.45) is 0 Å². The molecule has 0 spiro atoms. The highest BCUT2D eigenvalue weighted by molar-refractivity contribution is 5.87. The van der Waals surface area contributed by atoms with Crippen molar-refractivity contribution in [3.8, 4) is 5.88 Å². The van der Waals surface area contributed by atoms with E-state index >= 15 is 0 Å². The zero-order chi connectivity index (χ0) is 13.1. The third kappa shape index (κ3) is 3.89. The minimum atomic E-state index is -5.08. The number of aromatic nitrogens is 1. The average Bonchev–Trinajstić information content (AvgIpc) is 2.19. The number of halogens is 4. The van der Waals surface area contributed by atoms with E-state index in [-0.39, 0.29) is 6.61 Å². The number of esters is 1. The molecule has 0 bridgehead atoms. The molecule has 0 radical (unpaired) electrons. The van der Waals surface area contributed by atoms with Gasteiger partial charge in [-0.15, -0.1) is 13.2 Å². The summed E-state index contributed by atoms with van der Waals surface area (Å²) in [5, 5.41) is 0. The first-order valence-corrected chi connectivity index (χ1v) is 4.43. The lowest BCUT2D eigenvalue weighted by atomic mass is 10.3. The molecule has 8 heteroatoms. The molecule has 1 heterocycles. The lowest BCUT2D eigenvalue weighted by Crippen LogP contribution is -2.20. The molecule has 0 atom stereocenters. The first kappa shape index (κ1) is 13.2. The predicted molar refractivity (Wildman–Crippen MR) is 46.8 cm³/mol. The highest BCUT2D eigenvalue weighted by Crippen LogP contribution is 2.23. The molecule has 0 aliphatic carbocycles. The van der Waals surface area contributed by atoms with Crippen molar-refractivity contribution in [1.29, 1.82) is 0 Å². The van der Waals surface area contributed by atoms with Crippen LogP contribution in [-0.2, 0) is 4.74 Å². The van der Waals surface area contributed by atoms with E-state index in [2.05, 4.69) is 14.5 Å². The molecule has 0 unspecified atom stereocenters. The number of nitrogens with zero attached hydrogens (tertiary/aromatic N) is 1. The molecule has 94 valence electrons. The molecule has 17 heavy (non-hydrogen) atoms. The Hall–Kier alpha value is -1.86. The number of ether oxygens (including phenoxy) is 2. The zero-order valence-electron chi connectivity index (χ0n) is 8.55. The van der Waals surface area contributed by atoms with E-state index < -0.39 is 29.7 Å². The van der Waals surface area contributed by atoms with Crippen molar-refractivity contribution < 1.29 is 31.8 Å². The smallest absolute Gasteiger partial charge is 0.461 e. The Kier molecular flexibility index (Phi) is 3.87. The summed E-state index contributed by atoms with van der Waals surface area (Å²) < 4.78 is 56.3. The molecular formula is C9H7F4NO3. The van der Waals surface area contributed by atoms with Gasteiger partial charge < -0.3 is 9.47 Å². The second-order valence-corrected chi connectivity index (χ2v) is 2.75. The van der Waals surface area contributed by atoms with E-state index in [1.165, 1.54) is 6.92 Å². The molecule has 0 aromatic carbocycles. The minimum absolute atomic E-state index is 0.0212. The summed E-state index contributed by atoms with van der Waals surface area (Å²) in [6.07, 6.45) is -5.08. The molecule has 0 aliphatic heterocycles. The van der Waals surface area contributed by atoms with Gasteiger partial charge in [0.05, 0.1) is 6.61 Å². The maximum atomic E-state index is 12.9. The first-order valence-electron chi connectivity index (χ1n) is 4.43. The highest BCUT2D eigenvalue weighted by atomic mass is 19.4. The number of carbonyl (C=O) groups is 1. The molecule has 1 aromatic heterocycles. The Labute approximate surface area is 93.2 Å². The standard InChI is InChI=1S/C9H7F4NO3/c1-2-16-8(15)6-4-3-5(10)7(14-6)17-9(11,12)13/h3-4H,2H2,1H3. The Morgan fingerprint density at radius 1 is 1.41 bits per heavy atom. The molecule has 0 N–H and O–H groups in total. The lowest BCUT2D eigenvalue weighted by Gasteiger charge is -2.09. The van der Waals surface area contributed by atoms with Gasteiger partial charge in [0.25, 0.3) is 5.88 Å². The fraction of sp³-hybridized carbons (Fsp3) is 0.333. The van der Waals surface area contributed by atoms with E-state index in [1.54, 1.807) is 0 Å². The number of alkyl halides is 3. The highest BCUT2D eigenvalue weighted by Gasteiger charge is 2.33. The molecule has 0 saturated heterocycles. The van der Waals surface area contributed by atoms with Crippen molar-refractivity contribution in [2.45, 2.75) is 13.3 Å². The third-order valence-corrected chi connectivity index (χ3v) is 1.51. The van der Waals surface area contributed by atoms with Crippen molar-refractivity contribution >= 4 is 5.97 Å². The zero-order valence-corrected chi connectivity index (χ0v) is 8.55. The topological polar surface area (TPSA) is 48.4 Å². The molecule has 0 fully saturated rings. The Bertz CT molecular complexity index is 419. The average molecular weight is 253 g/mol. The Morgan fingerprint density at radius 3 is 2.59 bits per heavy atom. The van der Waals surface area contributed by atoms with Crippen LogP contribution in [0.4, 0.5) is 17.6 Å². The van der Waals surface area contributed by atoms with Crippen LogP contribution < -0.4 is 4.74 Å². The van der Waals surface area contributed by atoms with Crippen LogP contribution in [0, 0.1) is 5.82 Å². The molecule has 0 aliphatic rings. The van der Waals surface area contributed by atoms with E-state index in [1.807, 2.05) is 0 Å². The number of hydrogen-bond acceptors (Lipinski definition) is 4. The van der Waals surface area contributed by atoms with Gasteiger partial charge in [0, 0.05) is 0 Å². The van der Waals surface area contributed by atoms with E-state index in [0.717, 1.165) is 6.07 Å². The number of rotatable bonds is 3. The maximum Gasteiger partial charge on any atom is 0.574 e. The maximum absolute atomic E-state index is 12.9. The van der Waals surface area contributed by atoms with Gasteiger partial charge in [0.1, 0.15) is 0 Å². The summed E-state index contributed by atoms with van der Waals surface area (Å²) in [6, 6.07) is 1.54. The summed E-state index contributed by atoms with van der Waals surface area (Å²) in [6.45, 7) is 1.53. The second-order valence-electron chi connectivity index (χ2n) is 2.75. The number of hydrogen-bond donors (Lipinski definition) is 0. The van der Waals surface area contributed by atoms with Crippen LogP contribution in [0.1, 0.15) is 17.4 Å². The van der Waals surface area contributed by atoms with Crippen LogP contribution in [0.2, 0.25) is 0 Å². The van der Waals surface area contributed by atoms with Gasteiger partial charge in [-0.2, -0.15) is 0 Å². The third-order valence-electron chi connectivity index (χ3n) is 1.51. The quantitative estimate of drug-likeness (QED) is 0.612. The van der Waals surface area contributed by atoms with Gasteiger partial charge in [-0.1, -0.05) is 0 Å². The van der Waals surface area contributed by atoms with Gasteiger partial charge in [0.2, 0.25) is 0 Å². The van der Waals surface area contributed by atoms with Gasteiger partial charge in [-0.25, -0.2) is 14.2 Å². The van der Waals surface area contributed by atoms with Crippen LogP contribution in [0.25, 0.3) is 0 Å². The first-order chi connectivity index (χ1) is 7.83. The van der Waals surface area contributed by atoms with Crippen molar-refractivity contribution in [3.63, 3.8) is 0 Å². The van der Waals surface area contributed by atoms with Gasteiger partial charge in [-0.05, 0) is 19.1 Å². The largest absolute Gasteiger partial charge is 0.574 e. The Balaban J connectivity index is 2.98. The van der Waals surface area contributed by atoms with Crippen LogP contribution >= 0.6 is 0 Å². The minimum Gasteiger partial charge on any atom is -0.461 e. The summed E-state index contributed by atoms with van der Waals surface area (Å²) in [7, 11) is 0. The lowest BCUT2D eigenvalue weighted by molar-refractivity contribution is -0.277. The predicted octanol–water partition coefficient (Wildman–Crippen LogP) is 2.30. The molecular weight excluding hydrogens is 246 g/mol. The van der Waals surface area contributed by atoms with Crippen LogP contribution in [0.15, 0.2) is 12.1 Å². The van der Waals surface area contributed by atoms with E-state index in [4.69, 9.17) is 0 Å². The van der Waals surface area contributed by atoms with Crippen molar-refractivity contribution in [1.82, 2.24) is 4.98 Å². The molecule has 0 saturated carbocycles. The number of carbonyl (C=O) groups excluding carboxylic acids is 1. The fourth-order valence-corrected chi connectivity index (χ4v) is 0.923. The summed E-state index contributed by atoms with van der Waals surface area (Å²) in [5.41, 5.74) is -0.465. The summed E-state index contributed by atoms with van der Waals surface area (Å²) >= 11 is 0. The molecule has 4 nitrogen and oxygen atoms in total. The van der Waals surface area contributed by atoms with Gasteiger partial charge in [0.15, 0.2) is 11.5 Å². The summed E-state index contributed by atoms with van der Waals surface area (Å²) in [4.78, 5) is 14.2. The molecule has 1 aromatic rings. The van der Waals surface area contributed by atoms with Crippen LogP contribution in [0.3, 0.4) is 0 Å². The van der Waals surface area contributed by atoms with Gasteiger partial charge >= 0.3 is 12.3 Å². The van der Waals surface area contributed by atoms with E-state index in [0.29, 0.717) is 6.07 Å². The second kappa shape index (κ2) is 4.98. The van der Waals surface area contributed by atoms with Crippen LogP contribution in [0.5, 0.6) is 5.88 Å². The molecule has 0 amide bonds. The van der Waals surface area contributed by atoms with E-state index in [9.17, 15) is 22.4 Å². The normalized spacial score (nSPS) is 11.1. The number of pyridine rings is 1. The fourth-order valence-electron chi connectivity index (χ4n) is 0.923. The summed E-state index contributed by atoms with van der Waals surface area (Å²) in [5.74, 6) is -3.60. The Morgan fingerprint density at radius 2 is 2.06 bits per heavy atom.